The Balaban J connectivity index is 1.86. The van der Waals surface area contributed by atoms with Crippen LogP contribution in [0.25, 0.3) is 0 Å². The lowest BCUT2D eigenvalue weighted by molar-refractivity contribution is 0.298. The quantitative estimate of drug-likeness (QED) is 0.664. The van der Waals surface area contributed by atoms with Gasteiger partial charge >= 0.3 is 0 Å². The zero-order chi connectivity index (χ0) is 8.23. The Morgan fingerprint density at radius 2 is 2.17 bits per heavy atom. The van der Waals surface area contributed by atoms with Crippen LogP contribution in [0.1, 0.15) is 5.69 Å². The first-order valence-electron chi connectivity index (χ1n) is 4.38. The first-order chi connectivity index (χ1) is 5.95. The molecule has 0 aliphatic carbocycles. The summed E-state index contributed by atoms with van der Waals surface area (Å²) in [5.74, 6) is 0. The van der Waals surface area contributed by atoms with Crippen LogP contribution >= 0.6 is 0 Å². The minimum absolute atomic E-state index is 1.09. The number of hydrogen-bond donors (Lipinski definition) is 2. The van der Waals surface area contributed by atoms with Gasteiger partial charge in [0.2, 0.25) is 0 Å². The highest BCUT2D eigenvalue weighted by atomic mass is 15.2. The van der Waals surface area contributed by atoms with Crippen molar-refractivity contribution in [2.75, 3.05) is 26.2 Å². The lowest BCUT2D eigenvalue weighted by Crippen LogP contribution is -2.42. The van der Waals surface area contributed by atoms with Crippen LogP contribution < -0.4 is 5.32 Å². The summed E-state index contributed by atoms with van der Waals surface area (Å²) < 4.78 is 0. The van der Waals surface area contributed by atoms with Gasteiger partial charge in [0.1, 0.15) is 0 Å². The fraction of sp³-hybridized carbons (Fsp3) is 0.444. The van der Waals surface area contributed by atoms with Crippen LogP contribution in [0.2, 0.25) is 0 Å². The van der Waals surface area contributed by atoms with Crippen LogP contribution in [0.15, 0.2) is 18.3 Å². The maximum Gasteiger partial charge on any atom is 0.0713 e. The van der Waals surface area contributed by atoms with E-state index < -0.39 is 0 Å². The molecule has 1 aliphatic heterocycles. The van der Waals surface area contributed by atoms with Gasteiger partial charge in [0.15, 0.2) is 0 Å². The van der Waals surface area contributed by atoms with Crippen LogP contribution in [0.3, 0.4) is 0 Å². The van der Waals surface area contributed by atoms with Gasteiger partial charge in [0, 0.05) is 38.1 Å². The van der Waals surface area contributed by atoms with Crippen molar-refractivity contribution in [3.63, 3.8) is 0 Å². The minimum Gasteiger partial charge on any atom is -0.364 e. The third kappa shape index (κ3) is 1.87. The van der Waals surface area contributed by atoms with E-state index >= 15 is 0 Å². The van der Waals surface area contributed by atoms with Gasteiger partial charge in [-0.2, -0.15) is 0 Å². The first kappa shape index (κ1) is 7.83. The Labute approximate surface area is 72.8 Å². The summed E-state index contributed by atoms with van der Waals surface area (Å²) in [5.41, 5.74) is 1.19. The van der Waals surface area contributed by atoms with Crippen LogP contribution in [-0.2, 0) is 0 Å². The van der Waals surface area contributed by atoms with Crippen LogP contribution in [0, 0.1) is 6.54 Å². The first-order valence-corrected chi connectivity index (χ1v) is 4.38. The van der Waals surface area contributed by atoms with E-state index in [0.717, 1.165) is 26.2 Å². The van der Waals surface area contributed by atoms with Crippen molar-refractivity contribution in [2.45, 2.75) is 0 Å². The van der Waals surface area contributed by atoms with Crippen molar-refractivity contribution in [1.82, 2.24) is 15.2 Å². The van der Waals surface area contributed by atoms with Crippen LogP contribution in [-0.4, -0.2) is 36.1 Å². The highest BCUT2D eigenvalue weighted by Crippen LogP contribution is 2.04. The number of H-pyrrole nitrogens is 1. The molecule has 1 aromatic rings. The van der Waals surface area contributed by atoms with Crippen molar-refractivity contribution in [3.8, 4) is 0 Å². The molecule has 3 heteroatoms. The summed E-state index contributed by atoms with van der Waals surface area (Å²) >= 11 is 0. The normalized spacial score (nSPS) is 19.7. The Hall–Kier alpha value is -0.800. The van der Waals surface area contributed by atoms with E-state index in [-0.39, 0.29) is 0 Å². The predicted molar refractivity (Wildman–Crippen MR) is 48.6 cm³/mol. The fourth-order valence-electron chi connectivity index (χ4n) is 1.43. The lowest BCUT2D eigenvalue weighted by Gasteiger charge is -2.25. The number of nitrogens with zero attached hydrogens (tertiary/aromatic N) is 1. The monoisotopic (exact) mass is 164 g/mol. The van der Waals surface area contributed by atoms with E-state index in [0.29, 0.717) is 0 Å². The highest BCUT2D eigenvalue weighted by molar-refractivity contribution is 5.12. The van der Waals surface area contributed by atoms with E-state index in [1.807, 2.05) is 12.3 Å². The van der Waals surface area contributed by atoms with Gasteiger partial charge in [-0.1, -0.05) is 0 Å². The third-order valence-electron chi connectivity index (χ3n) is 2.10. The molecule has 1 aliphatic rings. The SMILES string of the molecule is [CH](c1ccc[nH]1)N1CCNCC1. The molecule has 12 heavy (non-hydrogen) atoms. The van der Waals surface area contributed by atoms with E-state index in [1.165, 1.54) is 5.69 Å². The summed E-state index contributed by atoms with van der Waals surface area (Å²) in [6.07, 6.45) is 1.95. The molecule has 2 rings (SSSR count). The minimum atomic E-state index is 1.09. The molecular weight excluding hydrogens is 150 g/mol. The van der Waals surface area contributed by atoms with Gasteiger partial charge in [-0.25, -0.2) is 0 Å². The largest absolute Gasteiger partial charge is 0.364 e. The molecule has 3 nitrogen and oxygen atoms in total. The molecule has 2 N–H and O–H groups in total. The molecular formula is C9H14N3. The number of nitrogens with one attached hydrogen (secondary N) is 2. The Bertz CT molecular complexity index is 212. The van der Waals surface area contributed by atoms with Gasteiger partial charge < -0.3 is 10.3 Å². The zero-order valence-electron chi connectivity index (χ0n) is 7.09. The number of rotatable bonds is 2. The molecule has 2 heterocycles. The molecule has 1 radical (unpaired) electrons. The standard InChI is InChI=1S/C9H14N3/c1-2-9(11-3-1)8-12-6-4-10-5-7-12/h1-3,8,10-11H,4-7H2. The molecule has 0 unspecified atom stereocenters. The summed E-state index contributed by atoms with van der Waals surface area (Å²) in [6.45, 7) is 6.59. The number of aromatic nitrogens is 1. The maximum atomic E-state index is 3.32. The van der Waals surface area contributed by atoms with Crippen LogP contribution in [0.4, 0.5) is 0 Å². The second kappa shape index (κ2) is 3.74. The third-order valence-corrected chi connectivity index (χ3v) is 2.10. The predicted octanol–water partition coefficient (Wildman–Crippen LogP) is 0.430. The lowest BCUT2D eigenvalue weighted by atomic mass is 10.3. The average Bonchev–Trinajstić information content (AvgIpc) is 2.59. The topological polar surface area (TPSA) is 31.1 Å². The molecule has 0 spiro atoms. The van der Waals surface area contributed by atoms with E-state index in [4.69, 9.17) is 0 Å². The molecule has 1 saturated heterocycles. The van der Waals surface area contributed by atoms with E-state index in [1.54, 1.807) is 0 Å². The average molecular weight is 164 g/mol. The molecule has 1 aromatic heterocycles. The second-order valence-corrected chi connectivity index (χ2v) is 3.04. The van der Waals surface area contributed by atoms with Gasteiger partial charge in [-0.3, -0.25) is 4.90 Å². The summed E-state index contributed by atoms with van der Waals surface area (Å²) in [5, 5.41) is 3.32. The van der Waals surface area contributed by atoms with Gasteiger partial charge in [0.25, 0.3) is 0 Å². The number of aromatic amines is 1. The summed E-state index contributed by atoms with van der Waals surface area (Å²) in [6, 6.07) is 4.11. The number of hydrogen-bond acceptors (Lipinski definition) is 2. The van der Waals surface area contributed by atoms with Crippen molar-refractivity contribution in [2.24, 2.45) is 0 Å². The molecule has 0 atom stereocenters. The van der Waals surface area contributed by atoms with Crippen molar-refractivity contribution >= 4 is 0 Å². The molecule has 0 bridgehead atoms. The Morgan fingerprint density at radius 1 is 1.33 bits per heavy atom. The molecule has 65 valence electrons. The maximum absolute atomic E-state index is 3.32. The Morgan fingerprint density at radius 3 is 2.83 bits per heavy atom. The molecule has 0 amide bonds. The van der Waals surface area contributed by atoms with Crippen molar-refractivity contribution < 1.29 is 0 Å². The summed E-state index contributed by atoms with van der Waals surface area (Å²) in [7, 11) is 0. The van der Waals surface area contributed by atoms with Crippen LogP contribution in [0.5, 0.6) is 0 Å². The number of piperazine rings is 1. The van der Waals surface area contributed by atoms with Gasteiger partial charge in [0.05, 0.1) is 6.54 Å². The van der Waals surface area contributed by atoms with E-state index in [2.05, 4.69) is 27.8 Å². The highest BCUT2D eigenvalue weighted by Gasteiger charge is 2.09. The molecule has 0 aromatic carbocycles. The second-order valence-electron chi connectivity index (χ2n) is 3.04. The van der Waals surface area contributed by atoms with Gasteiger partial charge in [-0.05, 0) is 12.1 Å². The fourth-order valence-corrected chi connectivity index (χ4v) is 1.43. The zero-order valence-corrected chi connectivity index (χ0v) is 7.09. The molecule has 0 saturated carbocycles. The summed E-state index contributed by atoms with van der Waals surface area (Å²) in [4.78, 5) is 5.50. The van der Waals surface area contributed by atoms with Crippen molar-refractivity contribution in [1.29, 1.82) is 0 Å². The smallest absolute Gasteiger partial charge is 0.0713 e. The van der Waals surface area contributed by atoms with Gasteiger partial charge in [-0.15, -0.1) is 0 Å². The molecule has 1 fully saturated rings. The van der Waals surface area contributed by atoms with E-state index in [9.17, 15) is 0 Å². The Kier molecular flexibility index (Phi) is 2.44. The van der Waals surface area contributed by atoms with Crippen molar-refractivity contribution in [3.05, 3.63) is 30.6 Å².